The highest BCUT2D eigenvalue weighted by Gasteiger charge is 2.34. The average Bonchev–Trinajstić information content (AvgIpc) is 2.53. The van der Waals surface area contributed by atoms with Crippen LogP contribution < -0.4 is 20.9 Å². The van der Waals surface area contributed by atoms with Gasteiger partial charge in [-0.2, -0.15) is 0 Å². The van der Waals surface area contributed by atoms with Gasteiger partial charge in [-0.1, -0.05) is 0 Å². The molecule has 1 fully saturated rings. The van der Waals surface area contributed by atoms with E-state index in [0.717, 1.165) is 24.6 Å². The molecular weight excluding hydrogens is 284 g/mol. The van der Waals surface area contributed by atoms with Gasteiger partial charge < -0.3 is 26.0 Å². The van der Waals surface area contributed by atoms with Gasteiger partial charge in [-0.3, -0.25) is 4.79 Å². The maximum absolute atomic E-state index is 11.5. The molecule has 1 aromatic rings. The zero-order valence-corrected chi connectivity index (χ0v) is 13.1. The van der Waals surface area contributed by atoms with Crippen LogP contribution in [0.3, 0.4) is 0 Å². The highest BCUT2D eigenvalue weighted by atomic mass is 16.3. The van der Waals surface area contributed by atoms with Crippen molar-refractivity contribution >= 4 is 17.5 Å². The van der Waals surface area contributed by atoms with E-state index in [0.29, 0.717) is 13.0 Å². The summed E-state index contributed by atoms with van der Waals surface area (Å²) in [7, 11) is 3.51. The number of aliphatic hydroxyl groups is 1. The van der Waals surface area contributed by atoms with Crippen LogP contribution in [0.5, 0.6) is 0 Å². The Morgan fingerprint density at radius 2 is 2.27 bits per heavy atom. The summed E-state index contributed by atoms with van der Waals surface area (Å²) in [6, 6.07) is 1.85. The Balaban J connectivity index is 1.99. The molecule has 4 N–H and O–H groups in total. The van der Waals surface area contributed by atoms with Crippen molar-refractivity contribution in [1.29, 1.82) is 0 Å². The second-order valence-corrected chi connectivity index (χ2v) is 5.57. The Bertz CT molecular complexity index is 512. The fraction of sp³-hybridized carbons (Fsp3) is 0.643. The van der Waals surface area contributed by atoms with Crippen LogP contribution in [-0.4, -0.2) is 66.9 Å². The van der Waals surface area contributed by atoms with E-state index in [1.165, 1.54) is 6.33 Å². The number of piperidine rings is 1. The molecule has 0 radical (unpaired) electrons. The standard InChI is InChI=1S/C14H24N6O2/c1-15-7-13(21)17-8-14(22)4-3-5-20(9-14)12-6-11(16-2)18-10-19-12/h6,10,15,22H,3-5,7-9H2,1-2H3,(H,17,21)(H,16,18,19). The first-order valence-electron chi connectivity index (χ1n) is 7.45. The van der Waals surface area contributed by atoms with Crippen molar-refractivity contribution in [3.8, 4) is 0 Å². The lowest BCUT2D eigenvalue weighted by molar-refractivity contribution is -0.121. The molecule has 1 aliphatic rings. The zero-order valence-electron chi connectivity index (χ0n) is 13.1. The lowest BCUT2D eigenvalue weighted by Crippen LogP contribution is -2.55. The number of carbonyl (C=O) groups is 1. The molecule has 0 spiro atoms. The maximum atomic E-state index is 11.5. The Morgan fingerprint density at radius 3 is 3.00 bits per heavy atom. The van der Waals surface area contributed by atoms with Gasteiger partial charge >= 0.3 is 0 Å². The number of aromatic nitrogens is 2. The van der Waals surface area contributed by atoms with Gasteiger partial charge in [0.15, 0.2) is 0 Å². The van der Waals surface area contributed by atoms with E-state index >= 15 is 0 Å². The van der Waals surface area contributed by atoms with Gasteiger partial charge in [0.1, 0.15) is 18.0 Å². The number of rotatable bonds is 6. The van der Waals surface area contributed by atoms with Crippen LogP contribution in [-0.2, 0) is 4.79 Å². The molecule has 1 aromatic heterocycles. The number of hydrogen-bond acceptors (Lipinski definition) is 7. The Kier molecular flexibility index (Phi) is 5.51. The second kappa shape index (κ2) is 7.37. The van der Waals surface area contributed by atoms with Gasteiger partial charge in [0.25, 0.3) is 0 Å². The summed E-state index contributed by atoms with van der Waals surface area (Å²) in [5.74, 6) is 1.40. The number of hydrogen-bond donors (Lipinski definition) is 4. The van der Waals surface area contributed by atoms with Crippen molar-refractivity contribution in [3.63, 3.8) is 0 Å². The van der Waals surface area contributed by atoms with E-state index < -0.39 is 5.60 Å². The number of likely N-dealkylation sites (N-methyl/N-ethyl adjacent to an activating group) is 1. The molecule has 122 valence electrons. The lowest BCUT2D eigenvalue weighted by Gasteiger charge is -2.39. The lowest BCUT2D eigenvalue weighted by atomic mass is 9.92. The third-order valence-electron chi connectivity index (χ3n) is 3.74. The molecule has 0 aromatic carbocycles. The van der Waals surface area contributed by atoms with Gasteiger partial charge in [0.05, 0.1) is 12.1 Å². The number of nitrogens with one attached hydrogen (secondary N) is 3. The van der Waals surface area contributed by atoms with Crippen molar-refractivity contribution in [1.82, 2.24) is 20.6 Å². The summed E-state index contributed by atoms with van der Waals surface area (Å²) in [5.41, 5.74) is -0.938. The van der Waals surface area contributed by atoms with Crippen LogP contribution in [0.2, 0.25) is 0 Å². The van der Waals surface area contributed by atoms with Crippen LogP contribution in [0, 0.1) is 0 Å². The van der Waals surface area contributed by atoms with E-state index in [9.17, 15) is 9.90 Å². The quantitative estimate of drug-likeness (QED) is 0.545. The molecule has 0 bridgehead atoms. The van der Waals surface area contributed by atoms with Gasteiger partial charge in [0, 0.05) is 32.7 Å². The van der Waals surface area contributed by atoms with E-state index in [-0.39, 0.29) is 19.0 Å². The topological polar surface area (TPSA) is 102 Å². The Labute approximate surface area is 130 Å². The summed E-state index contributed by atoms with van der Waals surface area (Å²) < 4.78 is 0. The number of amides is 1. The third kappa shape index (κ3) is 4.28. The molecule has 8 nitrogen and oxygen atoms in total. The minimum Gasteiger partial charge on any atom is -0.386 e. The first kappa shape index (κ1) is 16.4. The van der Waals surface area contributed by atoms with Gasteiger partial charge in [-0.25, -0.2) is 9.97 Å². The fourth-order valence-electron chi connectivity index (χ4n) is 2.60. The molecule has 8 heteroatoms. The van der Waals surface area contributed by atoms with Crippen LogP contribution in [0.25, 0.3) is 0 Å². The molecule has 1 unspecified atom stereocenters. The number of nitrogens with zero attached hydrogens (tertiary/aromatic N) is 3. The van der Waals surface area contributed by atoms with Gasteiger partial charge in [-0.15, -0.1) is 0 Å². The largest absolute Gasteiger partial charge is 0.386 e. The van der Waals surface area contributed by atoms with Crippen LogP contribution in [0.1, 0.15) is 12.8 Å². The molecule has 2 rings (SSSR count). The normalized spacial score (nSPS) is 21.5. The Morgan fingerprint density at radius 1 is 1.45 bits per heavy atom. The fourth-order valence-corrected chi connectivity index (χ4v) is 2.60. The maximum Gasteiger partial charge on any atom is 0.234 e. The molecule has 2 heterocycles. The van der Waals surface area contributed by atoms with Crippen LogP contribution in [0.15, 0.2) is 12.4 Å². The highest BCUT2D eigenvalue weighted by molar-refractivity contribution is 5.78. The first-order valence-corrected chi connectivity index (χ1v) is 7.45. The summed E-state index contributed by atoms with van der Waals surface area (Å²) in [4.78, 5) is 21.9. The molecule has 1 aliphatic heterocycles. The predicted molar refractivity (Wildman–Crippen MR) is 84.9 cm³/mol. The van der Waals surface area contributed by atoms with Crippen molar-refractivity contribution in [3.05, 3.63) is 12.4 Å². The highest BCUT2D eigenvalue weighted by Crippen LogP contribution is 2.25. The third-order valence-corrected chi connectivity index (χ3v) is 3.74. The summed E-state index contributed by atoms with van der Waals surface area (Å²) in [6.45, 7) is 1.76. The monoisotopic (exact) mass is 308 g/mol. The number of carbonyl (C=O) groups excluding carboxylic acids is 1. The molecule has 0 aliphatic carbocycles. The second-order valence-electron chi connectivity index (χ2n) is 5.57. The van der Waals surface area contributed by atoms with Crippen molar-refractivity contribution in [2.45, 2.75) is 18.4 Å². The minimum absolute atomic E-state index is 0.118. The predicted octanol–water partition coefficient (Wildman–Crippen LogP) is -0.815. The van der Waals surface area contributed by atoms with Gasteiger partial charge in [0.2, 0.25) is 5.91 Å². The van der Waals surface area contributed by atoms with E-state index in [1.54, 1.807) is 14.1 Å². The van der Waals surface area contributed by atoms with Gasteiger partial charge in [-0.05, 0) is 19.9 Å². The SMILES string of the molecule is CNCC(=O)NCC1(O)CCCN(c2cc(NC)ncn2)C1. The van der Waals surface area contributed by atoms with Crippen molar-refractivity contribution in [2.75, 3.05) is 50.5 Å². The smallest absolute Gasteiger partial charge is 0.234 e. The average molecular weight is 308 g/mol. The zero-order chi connectivity index (χ0) is 16.0. The molecular formula is C14H24N6O2. The van der Waals surface area contributed by atoms with E-state index in [4.69, 9.17) is 0 Å². The Hall–Kier alpha value is -1.93. The van der Waals surface area contributed by atoms with Crippen molar-refractivity contribution in [2.24, 2.45) is 0 Å². The summed E-state index contributed by atoms with van der Waals surface area (Å²) in [5, 5.41) is 19.2. The summed E-state index contributed by atoms with van der Waals surface area (Å²) >= 11 is 0. The molecule has 0 saturated carbocycles. The van der Waals surface area contributed by atoms with E-state index in [2.05, 4.69) is 25.9 Å². The number of anilines is 2. The molecule has 1 saturated heterocycles. The molecule has 1 amide bonds. The van der Waals surface area contributed by atoms with Crippen LogP contribution in [0.4, 0.5) is 11.6 Å². The molecule has 22 heavy (non-hydrogen) atoms. The molecule has 1 atom stereocenters. The number of β-amino-alcohol motifs (C(OH)–C–C–N with tert-alkyl or cyclic N) is 1. The first-order chi connectivity index (χ1) is 10.6. The minimum atomic E-state index is -0.938. The van der Waals surface area contributed by atoms with Crippen molar-refractivity contribution < 1.29 is 9.90 Å². The van der Waals surface area contributed by atoms with E-state index in [1.807, 2.05) is 11.0 Å². The van der Waals surface area contributed by atoms with Crippen LogP contribution >= 0.6 is 0 Å². The summed E-state index contributed by atoms with van der Waals surface area (Å²) in [6.07, 6.45) is 3.01.